The summed E-state index contributed by atoms with van der Waals surface area (Å²) < 4.78 is 1.97. The van der Waals surface area contributed by atoms with Crippen LogP contribution in [0.4, 0.5) is 5.69 Å². The number of hydrogen-bond acceptors (Lipinski definition) is 4. The highest BCUT2D eigenvalue weighted by molar-refractivity contribution is 6.31. The van der Waals surface area contributed by atoms with Gasteiger partial charge < -0.3 is 14.8 Å². The zero-order valence-corrected chi connectivity index (χ0v) is 12.5. The maximum absolute atomic E-state index is 12.7. The number of nitrogens with zero attached hydrogens (tertiary/aromatic N) is 4. The van der Waals surface area contributed by atoms with E-state index in [9.17, 15) is 4.79 Å². The molecule has 3 rings (SSSR count). The molecular formula is C14H16ClN5O. The van der Waals surface area contributed by atoms with Gasteiger partial charge in [0.05, 0.1) is 12.1 Å². The molecule has 1 aromatic carbocycles. The first-order valence-corrected chi connectivity index (χ1v) is 7.26. The first-order valence-electron chi connectivity index (χ1n) is 6.88. The predicted octanol–water partition coefficient (Wildman–Crippen LogP) is 2.02. The van der Waals surface area contributed by atoms with Gasteiger partial charge in [0.1, 0.15) is 6.33 Å². The number of hydrogen-bond donors (Lipinski definition) is 1. The highest BCUT2D eigenvalue weighted by Crippen LogP contribution is 2.23. The third-order valence-electron chi connectivity index (χ3n) is 3.51. The van der Waals surface area contributed by atoms with E-state index in [1.165, 1.54) is 0 Å². The van der Waals surface area contributed by atoms with Crippen molar-refractivity contribution in [2.24, 2.45) is 0 Å². The predicted molar refractivity (Wildman–Crippen MR) is 80.4 cm³/mol. The van der Waals surface area contributed by atoms with Gasteiger partial charge in [-0.1, -0.05) is 11.6 Å². The summed E-state index contributed by atoms with van der Waals surface area (Å²) in [5, 5.41) is 11.7. The van der Waals surface area contributed by atoms with Gasteiger partial charge in [0.15, 0.2) is 5.82 Å². The van der Waals surface area contributed by atoms with Gasteiger partial charge in [-0.25, -0.2) is 0 Å². The molecule has 1 aliphatic heterocycles. The molecule has 0 aliphatic carbocycles. The SMILES string of the molecule is CCNc1ccc(Cl)cc1C(=O)N1CCn2cnnc2C1. The first-order chi connectivity index (χ1) is 10.2. The summed E-state index contributed by atoms with van der Waals surface area (Å²) in [6.45, 7) is 4.56. The molecule has 0 fully saturated rings. The molecule has 0 atom stereocenters. The van der Waals surface area contributed by atoms with Crippen LogP contribution in [0.25, 0.3) is 0 Å². The summed E-state index contributed by atoms with van der Waals surface area (Å²) in [4.78, 5) is 14.5. The van der Waals surface area contributed by atoms with Crippen LogP contribution in [0, 0.1) is 0 Å². The van der Waals surface area contributed by atoms with Crippen molar-refractivity contribution in [3.8, 4) is 0 Å². The first kappa shape index (κ1) is 13.9. The van der Waals surface area contributed by atoms with E-state index in [1.807, 2.05) is 17.6 Å². The summed E-state index contributed by atoms with van der Waals surface area (Å²) in [6.07, 6.45) is 1.70. The second kappa shape index (κ2) is 5.73. The molecule has 0 spiro atoms. The second-order valence-electron chi connectivity index (χ2n) is 4.89. The Hall–Kier alpha value is -2.08. The van der Waals surface area contributed by atoms with E-state index in [2.05, 4.69) is 15.5 Å². The molecule has 7 heteroatoms. The number of benzene rings is 1. The van der Waals surface area contributed by atoms with Crippen LogP contribution in [0.3, 0.4) is 0 Å². The lowest BCUT2D eigenvalue weighted by atomic mass is 10.1. The zero-order chi connectivity index (χ0) is 14.8. The van der Waals surface area contributed by atoms with E-state index < -0.39 is 0 Å². The van der Waals surface area contributed by atoms with E-state index >= 15 is 0 Å². The Morgan fingerprint density at radius 3 is 3.10 bits per heavy atom. The van der Waals surface area contributed by atoms with Gasteiger partial charge in [0, 0.05) is 30.3 Å². The van der Waals surface area contributed by atoms with Crippen molar-refractivity contribution in [2.75, 3.05) is 18.4 Å². The van der Waals surface area contributed by atoms with Crippen molar-refractivity contribution in [3.63, 3.8) is 0 Å². The van der Waals surface area contributed by atoms with Crippen LogP contribution in [0.5, 0.6) is 0 Å². The average molecular weight is 306 g/mol. The lowest BCUT2D eigenvalue weighted by Crippen LogP contribution is -2.38. The molecule has 0 bridgehead atoms. The minimum atomic E-state index is -0.0392. The molecule has 0 saturated carbocycles. The number of halogens is 1. The number of carbonyl (C=O) groups excluding carboxylic acids is 1. The summed E-state index contributed by atoms with van der Waals surface area (Å²) in [5.41, 5.74) is 1.40. The molecule has 2 aromatic rings. The molecule has 2 heterocycles. The van der Waals surface area contributed by atoms with Crippen molar-refractivity contribution >= 4 is 23.2 Å². The minimum Gasteiger partial charge on any atom is -0.385 e. The number of fused-ring (bicyclic) bond motifs is 1. The molecule has 6 nitrogen and oxygen atoms in total. The van der Waals surface area contributed by atoms with Gasteiger partial charge >= 0.3 is 0 Å². The fraction of sp³-hybridized carbons (Fsp3) is 0.357. The van der Waals surface area contributed by atoms with Crippen LogP contribution in [-0.4, -0.2) is 38.7 Å². The topological polar surface area (TPSA) is 63.1 Å². The molecule has 0 saturated heterocycles. The van der Waals surface area contributed by atoms with E-state index in [1.54, 1.807) is 23.4 Å². The zero-order valence-electron chi connectivity index (χ0n) is 11.7. The lowest BCUT2D eigenvalue weighted by molar-refractivity contribution is 0.0708. The molecule has 1 N–H and O–H groups in total. The third-order valence-corrected chi connectivity index (χ3v) is 3.74. The average Bonchev–Trinajstić information content (AvgIpc) is 2.96. The standard InChI is InChI=1S/C14H16ClN5O/c1-2-16-12-4-3-10(15)7-11(12)14(21)19-5-6-20-9-17-18-13(20)8-19/h3-4,7,9,16H,2,5-6,8H2,1H3. The molecule has 110 valence electrons. The Balaban J connectivity index is 1.87. The van der Waals surface area contributed by atoms with E-state index in [-0.39, 0.29) is 5.91 Å². The Morgan fingerprint density at radius 1 is 1.43 bits per heavy atom. The van der Waals surface area contributed by atoms with Crippen molar-refractivity contribution in [2.45, 2.75) is 20.0 Å². The van der Waals surface area contributed by atoms with E-state index in [0.717, 1.165) is 18.1 Å². The number of aromatic nitrogens is 3. The van der Waals surface area contributed by atoms with Gasteiger partial charge in [-0.3, -0.25) is 4.79 Å². The maximum Gasteiger partial charge on any atom is 0.256 e. The van der Waals surface area contributed by atoms with Gasteiger partial charge in [-0.05, 0) is 25.1 Å². The van der Waals surface area contributed by atoms with Crippen LogP contribution in [0.2, 0.25) is 5.02 Å². The lowest BCUT2D eigenvalue weighted by Gasteiger charge is -2.28. The number of carbonyl (C=O) groups is 1. The number of amides is 1. The van der Waals surface area contributed by atoms with E-state index in [4.69, 9.17) is 11.6 Å². The smallest absolute Gasteiger partial charge is 0.256 e. The number of rotatable bonds is 3. The summed E-state index contributed by atoms with van der Waals surface area (Å²) in [5.74, 6) is 0.768. The monoisotopic (exact) mass is 305 g/mol. The Morgan fingerprint density at radius 2 is 2.29 bits per heavy atom. The minimum absolute atomic E-state index is 0.0392. The van der Waals surface area contributed by atoms with Gasteiger partial charge in [0.2, 0.25) is 0 Å². The highest BCUT2D eigenvalue weighted by Gasteiger charge is 2.24. The molecule has 1 amide bonds. The molecular weight excluding hydrogens is 290 g/mol. The Kier molecular flexibility index (Phi) is 3.79. The molecule has 0 radical (unpaired) electrons. The number of anilines is 1. The molecule has 21 heavy (non-hydrogen) atoms. The van der Waals surface area contributed by atoms with Crippen LogP contribution in [0.1, 0.15) is 23.1 Å². The Bertz CT molecular complexity index is 669. The largest absolute Gasteiger partial charge is 0.385 e. The second-order valence-corrected chi connectivity index (χ2v) is 5.32. The molecule has 0 unspecified atom stereocenters. The van der Waals surface area contributed by atoms with Crippen molar-refractivity contribution in [1.82, 2.24) is 19.7 Å². The van der Waals surface area contributed by atoms with E-state index in [0.29, 0.717) is 30.2 Å². The van der Waals surface area contributed by atoms with Crippen LogP contribution in [0.15, 0.2) is 24.5 Å². The summed E-state index contributed by atoms with van der Waals surface area (Å²) >= 11 is 6.04. The van der Waals surface area contributed by atoms with Crippen molar-refractivity contribution < 1.29 is 4.79 Å². The summed E-state index contributed by atoms with van der Waals surface area (Å²) in [6, 6.07) is 5.33. The number of nitrogens with one attached hydrogen (secondary N) is 1. The van der Waals surface area contributed by atoms with Crippen LogP contribution < -0.4 is 5.32 Å². The van der Waals surface area contributed by atoms with Gasteiger partial charge in [0.25, 0.3) is 5.91 Å². The molecule has 1 aliphatic rings. The van der Waals surface area contributed by atoms with Gasteiger partial charge in [-0.2, -0.15) is 0 Å². The normalized spacial score (nSPS) is 13.9. The fourth-order valence-corrected chi connectivity index (χ4v) is 2.62. The van der Waals surface area contributed by atoms with Crippen LogP contribution in [-0.2, 0) is 13.1 Å². The molecule has 1 aromatic heterocycles. The maximum atomic E-state index is 12.7. The third kappa shape index (κ3) is 2.71. The van der Waals surface area contributed by atoms with Gasteiger partial charge in [-0.15, -0.1) is 10.2 Å². The highest BCUT2D eigenvalue weighted by atomic mass is 35.5. The quantitative estimate of drug-likeness (QED) is 0.942. The van der Waals surface area contributed by atoms with Crippen molar-refractivity contribution in [3.05, 3.63) is 40.9 Å². The Labute approximate surface area is 127 Å². The van der Waals surface area contributed by atoms with Crippen molar-refractivity contribution in [1.29, 1.82) is 0 Å². The fourth-order valence-electron chi connectivity index (χ4n) is 2.45. The summed E-state index contributed by atoms with van der Waals surface area (Å²) in [7, 11) is 0. The van der Waals surface area contributed by atoms with Crippen LogP contribution >= 0.6 is 11.6 Å².